The molecule has 10 atom stereocenters. The molecule has 0 unspecified atom stereocenters. The Morgan fingerprint density at radius 2 is 1.55 bits per heavy atom. The Hall–Kier alpha value is -3.13. The number of carbonyl (C=O) groups excluding carboxylic acids is 2. The van der Waals surface area contributed by atoms with E-state index in [2.05, 4.69) is 29.3 Å². The number of hydrogen-bond donors (Lipinski definition) is 2. The highest BCUT2D eigenvalue weighted by Crippen LogP contribution is 2.66. The molecule has 7 heterocycles. The minimum absolute atomic E-state index is 0.00391. The third kappa shape index (κ3) is 10.4. The van der Waals surface area contributed by atoms with E-state index in [9.17, 15) is 18.9 Å². The molecule has 4 aromatic rings. The molecule has 7 rings (SSSR count). The van der Waals surface area contributed by atoms with Gasteiger partial charge >= 0.3 is 25.5 Å². The Morgan fingerprint density at radius 3 is 2.16 bits per heavy atom. The molecule has 0 aromatic carbocycles. The van der Waals surface area contributed by atoms with E-state index in [1.165, 1.54) is 18.0 Å². The number of ether oxygens (including phenoxy) is 5. The standard InChI is InChI=1S/C34H45FN8O14P2S3/c1-15-40-21-22(31(46)41-15)42-62-28(21)27-26-25(49-8)17(52-27)10-51-58(47,60-11-18(44)54-33(2,3)4)56-24-16(9-50-59(48,57-26)61-12-19(45)55-34(5,6)7)53-32(20(24)35)43-14-39-23-29(36)37-13-38-30(23)43/h13-14,16-17,20,24-27,32H,9-12H2,1-8H3,(H2,36,37,38)(H,40,41,46)/t16-,17-,20-,24-,25-,26-,27-,32-,58-,59-/m1/s1. The molecule has 3 N–H and O–H groups in total. The zero-order valence-electron chi connectivity index (χ0n) is 34.6. The maximum atomic E-state index is 17.0. The highest BCUT2D eigenvalue weighted by molar-refractivity contribution is 8.55. The van der Waals surface area contributed by atoms with Gasteiger partial charge in [0.2, 0.25) is 0 Å². The number of carbonyl (C=O) groups is 2. The molecule has 3 saturated heterocycles. The fourth-order valence-electron chi connectivity index (χ4n) is 6.70. The smallest absolute Gasteiger partial charge is 0.390 e. The topological polar surface area (TPSA) is 280 Å². The second-order valence-electron chi connectivity index (χ2n) is 16.1. The van der Waals surface area contributed by atoms with Crippen LogP contribution in [0.1, 0.15) is 64.6 Å². The van der Waals surface area contributed by atoms with E-state index in [1.54, 1.807) is 48.5 Å². The number of nitrogens with zero attached hydrogens (tertiary/aromatic N) is 6. The van der Waals surface area contributed by atoms with Gasteiger partial charge in [0.1, 0.15) is 82.5 Å². The van der Waals surface area contributed by atoms with Crippen molar-refractivity contribution < 1.29 is 64.9 Å². The van der Waals surface area contributed by atoms with E-state index in [0.29, 0.717) is 22.8 Å². The summed E-state index contributed by atoms with van der Waals surface area (Å²) in [6.45, 7) is 0.879. The molecule has 4 aromatic heterocycles. The zero-order valence-corrected chi connectivity index (χ0v) is 38.8. The average Bonchev–Trinajstić information content (AvgIpc) is 3.94. The maximum absolute atomic E-state index is 17.0. The summed E-state index contributed by atoms with van der Waals surface area (Å²) in [5, 5.41) is 0. The van der Waals surface area contributed by atoms with Crippen LogP contribution >= 0.6 is 47.9 Å². The van der Waals surface area contributed by atoms with Crippen LogP contribution in [-0.2, 0) is 60.5 Å². The molecule has 22 nitrogen and oxygen atoms in total. The molecule has 3 aliphatic rings. The van der Waals surface area contributed by atoms with Gasteiger partial charge < -0.3 is 34.4 Å². The van der Waals surface area contributed by atoms with Crippen LogP contribution in [0.15, 0.2) is 17.4 Å². The molecule has 0 saturated carbocycles. The number of nitrogens with one attached hydrogen (secondary N) is 1. The quantitative estimate of drug-likeness (QED) is 0.165. The van der Waals surface area contributed by atoms with Crippen LogP contribution < -0.4 is 11.3 Å². The number of rotatable bonds is 9. The molecule has 0 spiro atoms. The number of esters is 2. The Labute approximate surface area is 365 Å². The van der Waals surface area contributed by atoms with Crippen molar-refractivity contribution in [1.29, 1.82) is 0 Å². The fraction of sp³-hybridized carbons (Fsp3) is 0.647. The Bertz CT molecular complexity index is 2480. The maximum Gasteiger partial charge on any atom is 0.390 e. The summed E-state index contributed by atoms with van der Waals surface area (Å²) in [5.41, 5.74) is 4.06. The molecular weight excluding hydrogens is 922 g/mol. The Morgan fingerprint density at radius 1 is 0.935 bits per heavy atom. The number of aryl methyl sites for hydroxylation is 1. The van der Waals surface area contributed by atoms with E-state index in [1.807, 2.05) is 0 Å². The molecular formula is C34H45FN8O14P2S3. The summed E-state index contributed by atoms with van der Waals surface area (Å²) in [5.74, 6) is -2.34. The van der Waals surface area contributed by atoms with Crippen molar-refractivity contribution in [3.05, 3.63) is 33.7 Å². The number of halogens is 1. The lowest BCUT2D eigenvalue weighted by atomic mass is 10.1. The van der Waals surface area contributed by atoms with Crippen LogP contribution in [0.2, 0.25) is 0 Å². The highest BCUT2D eigenvalue weighted by atomic mass is 32.7. The summed E-state index contributed by atoms with van der Waals surface area (Å²) in [4.78, 5) is 58.5. The molecule has 0 aliphatic carbocycles. The average molecular weight is 967 g/mol. The lowest BCUT2D eigenvalue weighted by molar-refractivity contribution is -0.152. The van der Waals surface area contributed by atoms with Crippen LogP contribution in [0.5, 0.6) is 0 Å². The van der Waals surface area contributed by atoms with E-state index >= 15 is 8.96 Å². The molecule has 28 heteroatoms. The van der Waals surface area contributed by atoms with Crippen molar-refractivity contribution >= 4 is 87.8 Å². The van der Waals surface area contributed by atoms with E-state index in [4.69, 9.17) is 47.5 Å². The number of H-pyrrole nitrogens is 1. The number of aromatic nitrogens is 7. The van der Waals surface area contributed by atoms with Crippen molar-refractivity contribution in [2.24, 2.45) is 0 Å². The molecule has 0 radical (unpaired) electrons. The van der Waals surface area contributed by atoms with Crippen LogP contribution in [0.4, 0.5) is 10.2 Å². The minimum Gasteiger partial charge on any atom is -0.459 e. The summed E-state index contributed by atoms with van der Waals surface area (Å²) in [7, 11) is 1.31. The first-order chi connectivity index (χ1) is 29.1. The van der Waals surface area contributed by atoms with Gasteiger partial charge in [-0.3, -0.25) is 37.0 Å². The van der Waals surface area contributed by atoms with Gasteiger partial charge in [0.25, 0.3) is 5.56 Å². The molecule has 0 amide bonds. The van der Waals surface area contributed by atoms with Gasteiger partial charge in [0.05, 0.1) is 24.4 Å². The Balaban J connectivity index is 1.30. The van der Waals surface area contributed by atoms with E-state index in [-0.39, 0.29) is 38.7 Å². The predicted octanol–water partition coefficient (Wildman–Crippen LogP) is 4.98. The van der Waals surface area contributed by atoms with Crippen LogP contribution in [0, 0.1) is 6.92 Å². The zero-order chi connectivity index (χ0) is 44.9. The number of hydrogen-bond acceptors (Lipinski definition) is 23. The Kier molecular flexibility index (Phi) is 13.6. The van der Waals surface area contributed by atoms with E-state index < -0.39 is 116 Å². The SMILES string of the molecule is CO[C@H]1[C@H]2O[P@](=O)(SCC(=O)OC(C)(C)C)OC[C@H]3O[C@@H](n4cnc5c(N)ncnc54)[C@H](F)[C@@H]3O[P@](=O)(SCC(=O)OC(C)(C)C)OC[C@H]1O[C@H]2c1snc2c(=O)[nH]c(C)nc12. The van der Waals surface area contributed by atoms with Gasteiger partial charge in [-0.1, -0.05) is 0 Å². The first kappa shape index (κ1) is 46.9. The number of aromatic amines is 1. The highest BCUT2D eigenvalue weighted by Gasteiger charge is 2.56. The molecule has 3 aliphatic heterocycles. The third-order valence-electron chi connectivity index (χ3n) is 9.07. The van der Waals surface area contributed by atoms with Crippen molar-refractivity contribution in [3.63, 3.8) is 0 Å². The number of fused-ring (bicyclic) bond motifs is 5. The van der Waals surface area contributed by atoms with Gasteiger partial charge in [-0.05, 0) is 82.8 Å². The number of alkyl halides is 1. The van der Waals surface area contributed by atoms with Gasteiger partial charge in [0, 0.05) is 7.11 Å². The molecule has 2 bridgehead atoms. The minimum atomic E-state index is -4.65. The van der Waals surface area contributed by atoms with Gasteiger partial charge in [-0.15, -0.1) is 0 Å². The molecule has 340 valence electrons. The van der Waals surface area contributed by atoms with Crippen molar-refractivity contribution in [2.75, 3.05) is 37.6 Å². The predicted molar refractivity (Wildman–Crippen MR) is 223 cm³/mol. The van der Waals surface area contributed by atoms with Crippen molar-refractivity contribution in [3.8, 4) is 0 Å². The fourth-order valence-corrected chi connectivity index (χ4v) is 13.7. The van der Waals surface area contributed by atoms with Gasteiger partial charge in [-0.2, -0.15) is 4.37 Å². The normalized spacial score (nSPS) is 31.0. The summed E-state index contributed by atoms with van der Waals surface area (Å²) >= 11 is 1.78. The number of imidazole rings is 1. The van der Waals surface area contributed by atoms with Gasteiger partial charge in [0.15, 0.2) is 29.4 Å². The lowest BCUT2D eigenvalue weighted by Crippen LogP contribution is -2.36. The number of nitrogens with two attached hydrogens (primary N) is 1. The van der Waals surface area contributed by atoms with Crippen LogP contribution in [0.25, 0.3) is 22.2 Å². The first-order valence-corrected chi connectivity index (χ1v) is 26.0. The number of methoxy groups -OCH3 is 1. The molecule has 3 fully saturated rings. The summed E-state index contributed by atoms with van der Waals surface area (Å²) in [6, 6.07) is 0. The number of anilines is 1. The number of nitrogen functional groups attached to an aromatic ring is 1. The second kappa shape index (κ2) is 18.0. The van der Waals surface area contributed by atoms with Crippen LogP contribution in [0.3, 0.4) is 0 Å². The molecule has 62 heavy (non-hydrogen) atoms. The first-order valence-electron chi connectivity index (χ1n) is 18.9. The second-order valence-corrected chi connectivity index (χ2v) is 25.0. The van der Waals surface area contributed by atoms with Crippen molar-refractivity contribution in [2.45, 2.75) is 109 Å². The lowest BCUT2D eigenvalue weighted by Gasteiger charge is -2.28. The third-order valence-corrected chi connectivity index (χ3v) is 17.1. The van der Waals surface area contributed by atoms with Gasteiger partial charge in [-0.25, -0.2) is 33.5 Å². The van der Waals surface area contributed by atoms with Crippen LogP contribution in [-0.4, -0.2) is 126 Å². The summed E-state index contributed by atoms with van der Waals surface area (Å²) in [6.07, 6.45) is -9.65. The van der Waals surface area contributed by atoms with E-state index in [0.717, 1.165) is 17.9 Å². The van der Waals surface area contributed by atoms with Crippen molar-refractivity contribution in [1.82, 2.24) is 33.9 Å². The largest absolute Gasteiger partial charge is 0.459 e. The monoisotopic (exact) mass is 966 g/mol. The summed E-state index contributed by atoms with van der Waals surface area (Å²) < 4.78 is 106.